The number of alkyl halides is 5. The molecule has 0 spiro atoms. The first-order valence-electron chi connectivity index (χ1n) is 8.16. The van der Waals surface area contributed by atoms with Crippen LogP contribution < -0.4 is 5.32 Å². The molecule has 0 saturated heterocycles. The third-order valence-electron chi connectivity index (χ3n) is 3.50. The van der Waals surface area contributed by atoms with Crippen molar-refractivity contribution in [3.05, 3.63) is 35.9 Å². The number of esters is 1. The maximum atomic E-state index is 13.7. The second kappa shape index (κ2) is 10.5. The average molecular weight is 463 g/mol. The third kappa shape index (κ3) is 8.49. The molecular weight excluding hydrogens is 445 g/mol. The first-order chi connectivity index (χ1) is 13.8. The van der Waals surface area contributed by atoms with Crippen molar-refractivity contribution >= 4 is 22.2 Å². The molecule has 1 N–H and O–H groups in total. The molecule has 0 aliphatic carbocycles. The van der Waals surface area contributed by atoms with Gasteiger partial charge in [0.05, 0.1) is 7.11 Å². The molecule has 0 bridgehead atoms. The lowest BCUT2D eigenvalue weighted by Crippen LogP contribution is -2.43. The van der Waals surface area contributed by atoms with Gasteiger partial charge in [0, 0.05) is 6.42 Å². The summed E-state index contributed by atoms with van der Waals surface area (Å²) in [7, 11) is -5.28. The van der Waals surface area contributed by atoms with Crippen molar-refractivity contribution in [2.75, 3.05) is 13.7 Å². The summed E-state index contributed by atoms with van der Waals surface area (Å²) in [5.41, 5.74) is -5.25. The van der Waals surface area contributed by atoms with Crippen molar-refractivity contribution < 1.29 is 53.6 Å². The molecule has 1 unspecified atom stereocenters. The van der Waals surface area contributed by atoms with Gasteiger partial charge in [-0.3, -0.25) is 4.18 Å². The maximum Gasteiger partial charge on any atom is 0.523 e. The van der Waals surface area contributed by atoms with Crippen LogP contribution >= 0.6 is 0 Å². The number of halogens is 5. The Morgan fingerprint density at radius 1 is 1.10 bits per heavy atom. The average Bonchev–Trinajstić information content (AvgIpc) is 2.67. The van der Waals surface area contributed by atoms with Gasteiger partial charge < -0.3 is 14.8 Å². The second-order valence-corrected chi connectivity index (χ2v) is 7.45. The minimum Gasteiger partial charge on any atom is -0.467 e. The minimum atomic E-state index is -6.20. The first-order valence-corrected chi connectivity index (χ1v) is 9.57. The van der Waals surface area contributed by atoms with Gasteiger partial charge in [-0.15, -0.1) is 0 Å². The van der Waals surface area contributed by atoms with Crippen LogP contribution in [-0.2, 0) is 35.2 Å². The molecule has 0 fully saturated rings. The molecule has 0 saturated carbocycles. The summed E-state index contributed by atoms with van der Waals surface area (Å²) >= 11 is 0. The molecule has 1 atom stereocenters. The smallest absolute Gasteiger partial charge is 0.467 e. The van der Waals surface area contributed by atoms with Gasteiger partial charge in [-0.25, -0.2) is 18.4 Å². The van der Waals surface area contributed by atoms with Crippen LogP contribution in [0, 0.1) is 0 Å². The van der Waals surface area contributed by atoms with Crippen LogP contribution in [0.5, 0.6) is 0 Å². The summed E-state index contributed by atoms with van der Waals surface area (Å²) in [6, 6.07) is 6.74. The summed E-state index contributed by atoms with van der Waals surface area (Å²) in [4.78, 5) is 23.5. The van der Waals surface area contributed by atoms with Crippen LogP contribution in [0.2, 0.25) is 0 Å². The Bertz CT molecular complexity index is 815. The van der Waals surface area contributed by atoms with E-state index >= 15 is 0 Å². The molecule has 8 nitrogen and oxygen atoms in total. The number of carbonyl (C=O) groups excluding carboxylic acids is 2. The number of methoxy groups -OCH3 is 1. The number of ether oxygens (including phenoxy) is 2. The molecule has 1 rings (SSSR count). The lowest BCUT2D eigenvalue weighted by Gasteiger charge is -2.20. The van der Waals surface area contributed by atoms with Gasteiger partial charge in [0.1, 0.15) is 19.3 Å². The van der Waals surface area contributed by atoms with Crippen LogP contribution in [0.4, 0.5) is 26.7 Å². The van der Waals surface area contributed by atoms with E-state index in [1.165, 1.54) is 0 Å². The first kappa shape index (κ1) is 25.6. The predicted molar refractivity (Wildman–Crippen MR) is 90.7 cm³/mol. The Kier molecular flexibility index (Phi) is 8.96. The third-order valence-corrected chi connectivity index (χ3v) is 4.49. The zero-order chi connectivity index (χ0) is 23.0. The standard InChI is InChI=1S/C16H18F5NO7S/c1-27-13(23)12(22-14(24)28-9-11-5-3-2-4-6-11)7-8-15(17,18)10-29-30(25,26)16(19,20)21/h2-6,12H,7-10H2,1H3,(H,22,24). The van der Waals surface area contributed by atoms with Crippen molar-refractivity contribution in [3.63, 3.8) is 0 Å². The van der Waals surface area contributed by atoms with Crippen molar-refractivity contribution in [2.45, 2.75) is 36.9 Å². The quantitative estimate of drug-likeness (QED) is 0.246. The molecule has 30 heavy (non-hydrogen) atoms. The minimum absolute atomic E-state index is 0.181. The van der Waals surface area contributed by atoms with E-state index in [1.807, 2.05) is 5.32 Å². The fourth-order valence-electron chi connectivity index (χ4n) is 1.96. The monoisotopic (exact) mass is 463 g/mol. The Morgan fingerprint density at radius 2 is 1.70 bits per heavy atom. The number of carbonyl (C=O) groups is 2. The highest BCUT2D eigenvalue weighted by molar-refractivity contribution is 7.87. The number of amides is 1. The van der Waals surface area contributed by atoms with E-state index in [2.05, 4.69) is 8.92 Å². The Morgan fingerprint density at radius 3 is 2.23 bits per heavy atom. The largest absolute Gasteiger partial charge is 0.523 e. The van der Waals surface area contributed by atoms with Gasteiger partial charge in [0.25, 0.3) is 5.92 Å². The lowest BCUT2D eigenvalue weighted by molar-refractivity contribution is -0.143. The molecule has 1 aromatic rings. The SMILES string of the molecule is COC(=O)C(CCC(F)(F)COS(=O)(=O)C(F)(F)F)NC(=O)OCc1ccccc1. The zero-order valence-electron chi connectivity index (χ0n) is 15.4. The van der Waals surface area contributed by atoms with Crippen LogP contribution in [0.25, 0.3) is 0 Å². The highest BCUT2D eigenvalue weighted by Crippen LogP contribution is 2.28. The highest BCUT2D eigenvalue weighted by Gasteiger charge is 2.49. The molecule has 1 aromatic carbocycles. The summed E-state index contributed by atoms with van der Waals surface area (Å²) in [6.45, 7) is -2.28. The molecule has 0 aliphatic heterocycles. The number of hydrogen-bond donors (Lipinski definition) is 1. The van der Waals surface area contributed by atoms with Gasteiger partial charge in [0.2, 0.25) is 0 Å². The van der Waals surface area contributed by atoms with Crippen molar-refractivity contribution in [1.29, 1.82) is 0 Å². The van der Waals surface area contributed by atoms with E-state index in [-0.39, 0.29) is 6.61 Å². The van der Waals surface area contributed by atoms with Crippen molar-refractivity contribution in [1.82, 2.24) is 5.32 Å². The molecular formula is C16H18F5NO7S. The molecule has 0 radical (unpaired) electrons. The van der Waals surface area contributed by atoms with E-state index in [0.717, 1.165) is 7.11 Å². The van der Waals surface area contributed by atoms with E-state index in [4.69, 9.17) is 4.74 Å². The van der Waals surface area contributed by atoms with E-state index < -0.39 is 59.1 Å². The van der Waals surface area contributed by atoms with Crippen LogP contribution in [0.15, 0.2) is 30.3 Å². The van der Waals surface area contributed by atoms with E-state index in [1.54, 1.807) is 30.3 Å². The van der Waals surface area contributed by atoms with Gasteiger partial charge in [-0.1, -0.05) is 30.3 Å². The summed E-state index contributed by atoms with van der Waals surface area (Å²) in [6.07, 6.45) is -3.22. The molecule has 0 aromatic heterocycles. The normalized spacial score (nSPS) is 13.4. The second-order valence-electron chi connectivity index (χ2n) is 5.84. The molecule has 0 aliphatic rings. The van der Waals surface area contributed by atoms with E-state index in [9.17, 15) is 40.0 Å². The zero-order valence-corrected chi connectivity index (χ0v) is 16.3. The molecule has 0 heterocycles. The van der Waals surface area contributed by atoms with E-state index in [0.29, 0.717) is 5.56 Å². The van der Waals surface area contributed by atoms with Crippen molar-refractivity contribution in [3.8, 4) is 0 Å². The number of nitrogens with one attached hydrogen (secondary N) is 1. The maximum absolute atomic E-state index is 13.7. The molecule has 1 amide bonds. The van der Waals surface area contributed by atoms with Crippen molar-refractivity contribution in [2.24, 2.45) is 0 Å². The van der Waals surface area contributed by atoms with Crippen LogP contribution in [0.3, 0.4) is 0 Å². The molecule has 14 heteroatoms. The fourth-order valence-corrected chi connectivity index (χ4v) is 2.42. The van der Waals surface area contributed by atoms with Gasteiger partial charge in [-0.2, -0.15) is 21.6 Å². The summed E-state index contributed by atoms with van der Waals surface area (Å²) in [5.74, 6) is -5.17. The fraction of sp³-hybridized carbons (Fsp3) is 0.500. The number of rotatable bonds is 10. The van der Waals surface area contributed by atoms with Gasteiger partial charge in [0.15, 0.2) is 0 Å². The number of hydrogen-bond acceptors (Lipinski definition) is 7. The highest BCUT2D eigenvalue weighted by atomic mass is 32.2. The Labute approximate surface area is 168 Å². The number of alkyl carbamates (subject to hydrolysis) is 1. The number of benzene rings is 1. The molecule has 170 valence electrons. The summed E-state index contributed by atoms with van der Waals surface area (Å²) < 4.78 is 97.8. The lowest BCUT2D eigenvalue weighted by atomic mass is 10.1. The predicted octanol–water partition coefficient (Wildman–Crippen LogP) is 2.74. The van der Waals surface area contributed by atoms with Gasteiger partial charge >= 0.3 is 27.7 Å². The van der Waals surface area contributed by atoms with Crippen LogP contribution in [-0.4, -0.2) is 51.7 Å². The Hall–Kier alpha value is -2.48. The topological polar surface area (TPSA) is 108 Å². The van der Waals surface area contributed by atoms with Crippen LogP contribution in [0.1, 0.15) is 18.4 Å². The van der Waals surface area contributed by atoms with Gasteiger partial charge in [-0.05, 0) is 12.0 Å². The summed E-state index contributed by atoms with van der Waals surface area (Å²) in [5, 5.41) is 2.00. The Balaban J connectivity index is 2.62.